The molecule has 0 unspecified atom stereocenters. The van der Waals surface area contributed by atoms with E-state index in [0.717, 1.165) is 10.6 Å². The molecule has 0 heterocycles. The number of sulfonamides is 1. The normalized spacial score (nSPS) is 13.1. The zero-order valence-electron chi connectivity index (χ0n) is 18.3. The van der Waals surface area contributed by atoms with Crippen molar-refractivity contribution in [1.29, 1.82) is 0 Å². The molecule has 8 nitrogen and oxygen atoms in total. The summed E-state index contributed by atoms with van der Waals surface area (Å²) in [5.41, 5.74) is 0.948. The van der Waals surface area contributed by atoms with E-state index in [-0.39, 0.29) is 10.7 Å². The quantitative estimate of drug-likeness (QED) is 0.603. The van der Waals surface area contributed by atoms with E-state index in [1.54, 1.807) is 38.3 Å². The minimum Gasteiger partial charge on any atom is -0.497 e. The second-order valence-corrected chi connectivity index (χ2v) is 9.16. The van der Waals surface area contributed by atoms with Crippen LogP contribution >= 0.6 is 11.6 Å². The van der Waals surface area contributed by atoms with Gasteiger partial charge in [0.25, 0.3) is 0 Å². The number of rotatable bonds is 9. The van der Waals surface area contributed by atoms with Crippen molar-refractivity contribution in [1.82, 2.24) is 5.32 Å². The lowest BCUT2D eigenvalue weighted by Crippen LogP contribution is -2.48. The number of methoxy groups -OCH3 is 3. The van der Waals surface area contributed by atoms with Crippen LogP contribution in [-0.4, -0.2) is 48.0 Å². The number of hydrogen-bond donors (Lipinski definition) is 1. The Labute approximate surface area is 188 Å². The van der Waals surface area contributed by atoms with Gasteiger partial charge in [0.1, 0.15) is 23.3 Å². The maximum absolute atomic E-state index is 13.0. The average molecular weight is 471 g/mol. The summed E-state index contributed by atoms with van der Waals surface area (Å²) in [7, 11) is 0.735. The smallest absolute Gasteiger partial charge is 0.244 e. The van der Waals surface area contributed by atoms with Gasteiger partial charge in [0.2, 0.25) is 15.9 Å². The van der Waals surface area contributed by atoms with Gasteiger partial charge in [-0.2, -0.15) is 0 Å². The molecule has 170 valence electrons. The van der Waals surface area contributed by atoms with Crippen LogP contribution in [0.25, 0.3) is 0 Å². The third-order valence-corrected chi connectivity index (χ3v) is 6.28. The summed E-state index contributed by atoms with van der Waals surface area (Å²) in [6.07, 6.45) is 1.03. The second kappa shape index (κ2) is 10.1. The number of hydrogen-bond acceptors (Lipinski definition) is 6. The maximum atomic E-state index is 13.0. The molecule has 0 saturated carbocycles. The first-order valence-electron chi connectivity index (χ1n) is 9.38. The van der Waals surface area contributed by atoms with Gasteiger partial charge in [0.15, 0.2) is 0 Å². The lowest BCUT2D eigenvalue weighted by atomic mass is 10.1. The van der Waals surface area contributed by atoms with E-state index in [4.69, 9.17) is 25.8 Å². The number of anilines is 1. The number of halogens is 1. The van der Waals surface area contributed by atoms with Crippen LogP contribution in [0.3, 0.4) is 0 Å². The Hall–Kier alpha value is -2.65. The Kier molecular flexibility index (Phi) is 8.02. The van der Waals surface area contributed by atoms with Crippen molar-refractivity contribution in [2.45, 2.75) is 25.9 Å². The molecular weight excluding hydrogens is 444 g/mol. The summed E-state index contributed by atoms with van der Waals surface area (Å²) >= 11 is 6.16. The fourth-order valence-electron chi connectivity index (χ4n) is 3.19. The minimum atomic E-state index is -3.79. The first-order chi connectivity index (χ1) is 14.5. The Morgan fingerprint density at radius 1 is 1.00 bits per heavy atom. The number of ether oxygens (including phenoxy) is 3. The maximum Gasteiger partial charge on any atom is 0.244 e. The molecule has 0 saturated heterocycles. The van der Waals surface area contributed by atoms with Gasteiger partial charge in [-0.3, -0.25) is 9.10 Å². The van der Waals surface area contributed by atoms with Crippen molar-refractivity contribution in [2.75, 3.05) is 31.9 Å². The highest BCUT2D eigenvalue weighted by atomic mass is 35.5. The summed E-state index contributed by atoms with van der Waals surface area (Å²) in [6, 6.07) is 8.25. The van der Waals surface area contributed by atoms with Gasteiger partial charge in [-0.25, -0.2) is 8.42 Å². The first kappa shape index (κ1) is 24.6. The summed E-state index contributed by atoms with van der Waals surface area (Å²) in [5.74, 6) is 1.09. The van der Waals surface area contributed by atoms with E-state index in [2.05, 4.69) is 5.32 Å². The zero-order valence-corrected chi connectivity index (χ0v) is 19.9. The molecule has 0 bridgehead atoms. The Morgan fingerprint density at radius 3 is 2.13 bits per heavy atom. The van der Waals surface area contributed by atoms with Gasteiger partial charge >= 0.3 is 0 Å². The molecule has 1 N–H and O–H groups in total. The Balaban J connectivity index is 2.33. The molecule has 0 aliphatic rings. The first-order valence-corrected chi connectivity index (χ1v) is 11.6. The summed E-state index contributed by atoms with van der Waals surface area (Å²) in [4.78, 5) is 13.0. The molecule has 2 aromatic carbocycles. The highest BCUT2D eigenvalue weighted by Crippen LogP contribution is 2.32. The van der Waals surface area contributed by atoms with E-state index in [1.165, 1.54) is 33.3 Å². The number of nitrogens with one attached hydrogen (secondary N) is 1. The van der Waals surface area contributed by atoms with Crippen molar-refractivity contribution in [3.05, 3.63) is 47.0 Å². The van der Waals surface area contributed by atoms with Gasteiger partial charge < -0.3 is 19.5 Å². The SMILES string of the molecule is COc1ccc(OC)c([C@H](C)NC(=O)[C@@H](C)N(c2ccc(OC)c(Cl)c2)S(C)(=O)=O)c1. The van der Waals surface area contributed by atoms with E-state index >= 15 is 0 Å². The summed E-state index contributed by atoms with van der Waals surface area (Å²) in [5, 5.41) is 3.08. The molecule has 0 spiro atoms. The van der Waals surface area contributed by atoms with Gasteiger partial charge in [0, 0.05) is 5.56 Å². The number of amides is 1. The van der Waals surface area contributed by atoms with E-state index in [0.29, 0.717) is 22.8 Å². The number of benzene rings is 2. The molecule has 10 heteroatoms. The highest BCUT2D eigenvalue weighted by Gasteiger charge is 2.30. The molecule has 2 atom stereocenters. The molecule has 31 heavy (non-hydrogen) atoms. The fourth-order valence-corrected chi connectivity index (χ4v) is 4.61. The second-order valence-electron chi connectivity index (χ2n) is 6.89. The van der Waals surface area contributed by atoms with E-state index in [1.807, 2.05) is 0 Å². The summed E-state index contributed by atoms with van der Waals surface area (Å²) < 4.78 is 41.8. The number of carbonyl (C=O) groups excluding carboxylic acids is 1. The highest BCUT2D eigenvalue weighted by molar-refractivity contribution is 7.92. The van der Waals surface area contributed by atoms with Crippen LogP contribution in [0.4, 0.5) is 5.69 Å². The molecular formula is C21H27ClN2O6S. The van der Waals surface area contributed by atoms with Crippen molar-refractivity contribution in [3.63, 3.8) is 0 Å². The van der Waals surface area contributed by atoms with Gasteiger partial charge in [0.05, 0.1) is 44.3 Å². The molecule has 0 aliphatic heterocycles. The largest absolute Gasteiger partial charge is 0.497 e. The lowest BCUT2D eigenvalue weighted by molar-refractivity contribution is -0.122. The number of nitrogens with zero attached hydrogens (tertiary/aromatic N) is 1. The third-order valence-electron chi connectivity index (χ3n) is 4.74. The Bertz CT molecular complexity index is 1040. The standard InChI is InChI=1S/C21H27ClN2O6S/c1-13(17-12-16(28-3)8-10-19(17)29-4)23-21(25)14(2)24(31(6,26)27)15-7-9-20(30-5)18(22)11-15/h7-14H,1-6H3,(H,23,25)/t13-,14+/m0/s1. The fraction of sp³-hybridized carbons (Fsp3) is 0.381. The van der Waals surface area contributed by atoms with Crippen LogP contribution in [0, 0.1) is 0 Å². The molecule has 0 aliphatic carbocycles. The zero-order chi connectivity index (χ0) is 23.3. The van der Waals surface area contributed by atoms with Crippen molar-refractivity contribution in [2.24, 2.45) is 0 Å². The van der Waals surface area contributed by atoms with Crippen molar-refractivity contribution in [3.8, 4) is 17.2 Å². The van der Waals surface area contributed by atoms with Crippen LogP contribution in [0.2, 0.25) is 5.02 Å². The van der Waals surface area contributed by atoms with E-state index in [9.17, 15) is 13.2 Å². The van der Waals surface area contributed by atoms with Crippen LogP contribution in [0.5, 0.6) is 17.2 Å². The average Bonchev–Trinajstić information content (AvgIpc) is 2.72. The van der Waals surface area contributed by atoms with E-state index < -0.39 is 28.0 Å². The molecule has 1 amide bonds. The van der Waals surface area contributed by atoms with Crippen LogP contribution in [0.15, 0.2) is 36.4 Å². The van der Waals surface area contributed by atoms with Crippen LogP contribution in [0.1, 0.15) is 25.5 Å². The molecule has 0 fully saturated rings. The van der Waals surface area contributed by atoms with Gasteiger partial charge in [-0.1, -0.05) is 11.6 Å². The lowest BCUT2D eigenvalue weighted by Gasteiger charge is -2.29. The van der Waals surface area contributed by atoms with Crippen LogP contribution in [-0.2, 0) is 14.8 Å². The minimum absolute atomic E-state index is 0.232. The predicted molar refractivity (Wildman–Crippen MR) is 121 cm³/mol. The topological polar surface area (TPSA) is 94.2 Å². The van der Waals surface area contributed by atoms with Crippen molar-refractivity contribution < 1.29 is 27.4 Å². The molecule has 2 aromatic rings. The molecule has 0 aromatic heterocycles. The molecule has 2 rings (SSSR count). The third kappa shape index (κ3) is 5.74. The number of carbonyl (C=O) groups is 1. The predicted octanol–water partition coefficient (Wildman–Crippen LogP) is 3.40. The van der Waals surface area contributed by atoms with Crippen LogP contribution < -0.4 is 23.8 Å². The summed E-state index contributed by atoms with van der Waals surface area (Å²) in [6.45, 7) is 3.28. The monoisotopic (exact) mass is 470 g/mol. The van der Waals surface area contributed by atoms with Gasteiger partial charge in [-0.05, 0) is 50.2 Å². The molecule has 0 radical (unpaired) electrons. The van der Waals surface area contributed by atoms with Gasteiger partial charge in [-0.15, -0.1) is 0 Å². The van der Waals surface area contributed by atoms with Crippen molar-refractivity contribution >= 4 is 33.2 Å². The Morgan fingerprint density at radius 2 is 1.61 bits per heavy atom.